The number of hydrogen-bond acceptors (Lipinski definition) is 3. The van der Waals surface area contributed by atoms with Crippen LogP contribution in [0.25, 0.3) is 0 Å². The van der Waals surface area contributed by atoms with Crippen LogP contribution in [0.2, 0.25) is 0 Å². The van der Waals surface area contributed by atoms with Gasteiger partial charge in [0.05, 0.1) is 5.54 Å². The van der Waals surface area contributed by atoms with Gasteiger partial charge in [-0.15, -0.1) is 0 Å². The van der Waals surface area contributed by atoms with Crippen LogP contribution in [0, 0.1) is 13.8 Å². The molecule has 0 radical (unpaired) electrons. The van der Waals surface area contributed by atoms with Gasteiger partial charge in [0.2, 0.25) is 0 Å². The first-order chi connectivity index (χ1) is 9.11. The zero-order valence-electron chi connectivity index (χ0n) is 11.6. The molecule has 2 unspecified atom stereocenters. The van der Waals surface area contributed by atoms with E-state index in [1.54, 1.807) is 6.20 Å². The first-order valence-corrected chi connectivity index (χ1v) is 7.10. The Bertz CT molecular complexity index is 502. The molecule has 1 saturated heterocycles. The van der Waals surface area contributed by atoms with Gasteiger partial charge < -0.3 is 10.6 Å². The van der Waals surface area contributed by atoms with E-state index in [2.05, 4.69) is 15.6 Å². The number of amides is 1. The van der Waals surface area contributed by atoms with E-state index in [9.17, 15) is 4.79 Å². The number of nitrogens with zero attached hydrogens (tertiary/aromatic N) is 1. The first kappa shape index (κ1) is 12.6. The summed E-state index contributed by atoms with van der Waals surface area (Å²) in [6.07, 6.45) is 6.24. The summed E-state index contributed by atoms with van der Waals surface area (Å²) in [6, 6.07) is 2.46. The van der Waals surface area contributed by atoms with E-state index < -0.39 is 0 Å². The number of hydrogen-bond donors (Lipinski definition) is 2. The van der Waals surface area contributed by atoms with Gasteiger partial charge in [-0.3, -0.25) is 9.78 Å². The molecule has 2 atom stereocenters. The van der Waals surface area contributed by atoms with Gasteiger partial charge in [-0.05, 0) is 57.2 Å². The monoisotopic (exact) mass is 259 g/mol. The molecular weight excluding hydrogens is 238 g/mol. The Morgan fingerprint density at radius 1 is 1.47 bits per heavy atom. The fourth-order valence-corrected chi connectivity index (χ4v) is 3.59. The molecule has 2 N–H and O–H groups in total. The van der Waals surface area contributed by atoms with Gasteiger partial charge in [0, 0.05) is 12.2 Å². The molecule has 102 valence electrons. The Balaban J connectivity index is 1.81. The Labute approximate surface area is 114 Å². The lowest BCUT2D eigenvalue weighted by Gasteiger charge is -2.30. The van der Waals surface area contributed by atoms with Crippen molar-refractivity contribution in [1.29, 1.82) is 0 Å². The SMILES string of the molecule is Cc1cnc(C(=O)NC23CCCC2NCC3)c(C)c1. The molecule has 0 bridgehead atoms. The summed E-state index contributed by atoms with van der Waals surface area (Å²) in [5.41, 5.74) is 2.58. The summed E-state index contributed by atoms with van der Waals surface area (Å²) in [4.78, 5) is 16.8. The van der Waals surface area contributed by atoms with E-state index in [4.69, 9.17) is 0 Å². The van der Waals surface area contributed by atoms with Gasteiger partial charge in [0.1, 0.15) is 5.69 Å². The Morgan fingerprint density at radius 2 is 2.32 bits per heavy atom. The molecule has 1 aromatic rings. The summed E-state index contributed by atoms with van der Waals surface area (Å²) in [5, 5.41) is 6.77. The normalized spacial score (nSPS) is 29.3. The van der Waals surface area contributed by atoms with Crippen LogP contribution in [-0.2, 0) is 0 Å². The van der Waals surface area contributed by atoms with Crippen molar-refractivity contribution in [3.63, 3.8) is 0 Å². The number of nitrogens with one attached hydrogen (secondary N) is 2. The summed E-state index contributed by atoms with van der Waals surface area (Å²) < 4.78 is 0. The predicted octanol–water partition coefficient (Wildman–Crippen LogP) is 1.71. The lowest BCUT2D eigenvalue weighted by atomic mass is 9.92. The highest BCUT2D eigenvalue weighted by Crippen LogP contribution is 2.36. The second-order valence-electron chi connectivity index (χ2n) is 5.94. The quantitative estimate of drug-likeness (QED) is 0.850. The molecule has 1 aliphatic carbocycles. The molecule has 2 aliphatic rings. The van der Waals surface area contributed by atoms with Crippen LogP contribution >= 0.6 is 0 Å². The smallest absolute Gasteiger partial charge is 0.270 e. The summed E-state index contributed by atoms with van der Waals surface area (Å²) in [6.45, 7) is 4.95. The zero-order valence-corrected chi connectivity index (χ0v) is 11.6. The molecule has 2 heterocycles. The van der Waals surface area contributed by atoms with Gasteiger partial charge in [0.15, 0.2) is 0 Å². The molecule has 2 fully saturated rings. The van der Waals surface area contributed by atoms with E-state index in [-0.39, 0.29) is 11.4 Å². The van der Waals surface area contributed by atoms with Crippen LogP contribution < -0.4 is 10.6 Å². The molecule has 3 rings (SSSR count). The maximum Gasteiger partial charge on any atom is 0.270 e. The molecule has 1 aromatic heterocycles. The molecular formula is C15H21N3O. The summed E-state index contributed by atoms with van der Waals surface area (Å²) >= 11 is 0. The van der Waals surface area contributed by atoms with Crippen molar-refractivity contribution < 1.29 is 4.79 Å². The molecule has 4 heteroatoms. The van der Waals surface area contributed by atoms with E-state index >= 15 is 0 Å². The van der Waals surface area contributed by atoms with Crippen LogP contribution in [-0.4, -0.2) is 29.0 Å². The number of fused-ring (bicyclic) bond motifs is 1. The molecule has 0 spiro atoms. The standard InChI is InChI=1S/C15H21N3O/c1-10-8-11(2)13(17-9-10)14(19)18-15-5-3-4-12(15)16-7-6-15/h8-9,12,16H,3-7H2,1-2H3,(H,18,19). The van der Waals surface area contributed by atoms with E-state index in [1.165, 1.54) is 12.8 Å². The number of rotatable bonds is 2. The maximum absolute atomic E-state index is 12.5. The van der Waals surface area contributed by atoms with Gasteiger partial charge in [-0.25, -0.2) is 0 Å². The van der Waals surface area contributed by atoms with Crippen molar-refractivity contribution in [3.05, 3.63) is 29.1 Å². The van der Waals surface area contributed by atoms with Crippen molar-refractivity contribution in [2.75, 3.05) is 6.54 Å². The molecule has 0 aromatic carbocycles. The van der Waals surface area contributed by atoms with Crippen molar-refractivity contribution in [3.8, 4) is 0 Å². The number of aryl methyl sites for hydroxylation is 2. The summed E-state index contributed by atoms with van der Waals surface area (Å²) in [5.74, 6) is -0.0203. The minimum absolute atomic E-state index is 0.0203. The predicted molar refractivity (Wildman–Crippen MR) is 74.2 cm³/mol. The Kier molecular flexibility index (Phi) is 3.05. The fourth-order valence-electron chi connectivity index (χ4n) is 3.59. The Morgan fingerprint density at radius 3 is 3.11 bits per heavy atom. The van der Waals surface area contributed by atoms with Crippen LogP contribution in [0.4, 0.5) is 0 Å². The molecule has 4 nitrogen and oxygen atoms in total. The van der Waals surface area contributed by atoms with Gasteiger partial charge in [-0.1, -0.05) is 6.07 Å². The largest absolute Gasteiger partial charge is 0.344 e. The van der Waals surface area contributed by atoms with Crippen LogP contribution in [0.15, 0.2) is 12.3 Å². The lowest BCUT2D eigenvalue weighted by molar-refractivity contribution is 0.0892. The second-order valence-corrected chi connectivity index (χ2v) is 5.94. The maximum atomic E-state index is 12.5. The van der Waals surface area contributed by atoms with E-state index in [0.29, 0.717) is 11.7 Å². The van der Waals surface area contributed by atoms with Crippen molar-refractivity contribution in [1.82, 2.24) is 15.6 Å². The van der Waals surface area contributed by atoms with E-state index in [0.717, 1.165) is 30.5 Å². The average Bonchev–Trinajstić information content (AvgIpc) is 2.87. The topological polar surface area (TPSA) is 54.0 Å². The van der Waals surface area contributed by atoms with Crippen molar-refractivity contribution >= 4 is 5.91 Å². The first-order valence-electron chi connectivity index (χ1n) is 7.10. The number of aromatic nitrogens is 1. The number of carbonyl (C=O) groups is 1. The zero-order chi connectivity index (χ0) is 13.5. The summed E-state index contributed by atoms with van der Waals surface area (Å²) in [7, 11) is 0. The van der Waals surface area contributed by atoms with Crippen LogP contribution in [0.5, 0.6) is 0 Å². The average molecular weight is 259 g/mol. The minimum Gasteiger partial charge on any atom is -0.344 e. The van der Waals surface area contributed by atoms with E-state index in [1.807, 2.05) is 19.9 Å². The van der Waals surface area contributed by atoms with Crippen molar-refractivity contribution in [2.24, 2.45) is 0 Å². The van der Waals surface area contributed by atoms with Gasteiger partial charge in [0.25, 0.3) is 5.91 Å². The molecule has 1 aliphatic heterocycles. The second kappa shape index (κ2) is 4.60. The molecule has 19 heavy (non-hydrogen) atoms. The number of carbonyl (C=O) groups excluding carboxylic acids is 1. The van der Waals surface area contributed by atoms with Gasteiger partial charge >= 0.3 is 0 Å². The van der Waals surface area contributed by atoms with Crippen LogP contribution in [0.1, 0.15) is 47.3 Å². The third-order valence-electron chi connectivity index (χ3n) is 4.54. The third-order valence-corrected chi connectivity index (χ3v) is 4.54. The Hall–Kier alpha value is -1.42. The third kappa shape index (κ3) is 2.14. The fraction of sp³-hybridized carbons (Fsp3) is 0.600. The highest BCUT2D eigenvalue weighted by molar-refractivity contribution is 5.94. The molecule has 1 saturated carbocycles. The minimum atomic E-state index is -0.0317. The van der Waals surface area contributed by atoms with Crippen LogP contribution in [0.3, 0.4) is 0 Å². The van der Waals surface area contributed by atoms with Gasteiger partial charge in [-0.2, -0.15) is 0 Å². The highest BCUT2D eigenvalue weighted by atomic mass is 16.2. The molecule has 1 amide bonds. The lowest BCUT2D eigenvalue weighted by Crippen LogP contribution is -2.53. The highest BCUT2D eigenvalue weighted by Gasteiger charge is 2.47. The number of pyridine rings is 1. The van der Waals surface area contributed by atoms with Crippen molar-refractivity contribution in [2.45, 2.75) is 51.1 Å².